The van der Waals surface area contributed by atoms with Crippen LogP contribution in [0, 0.1) is 11.8 Å². The van der Waals surface area contributed by atoms with E-state index in [1.165, 1.54) is 23.5 Å². The van der Waals surface area contributed by atoms with E-state index in [1.807, 2.05) is 26.0 Å². The lowest BCUT2D eigenvalue weighted by atomic mass is 9.97. The van der Waals surface area contributed by atoms with Crippen LogP contribution in [0.2, 0.25) is 0 Å². The minimum Gasteiger partial charge on any atom is -0.481 e. The van der Waals surface area contributed by atoms with Crippen LogP contribution in [-0.2, 0) is 17.5 Å². The largest absolute Gasteiger partial charge is 0.481 e. The summed E-state index contributed by atoms with van der Waals surface area (Å²) in [6, 6.07) is 8.87. The molecule has 0 spiro atoms. The maximum absolute atomic E-state index is 12.6. The summed E-state index contributed by atoms with van der Waals surface area (Å²) in [5.41, 5.74) is 0.0713. The van der Waals surface area contributed by atoms with E-state index in [1.54, 1.807) is 0 Å². The maximum atomic E-state index is 12.6. The van der Waals surface area contributed by atoms with Crippen LogP contribution in [0.15, 0.2) is 36.4 Å². The van der Waals surface area contributed by atoms with E-state index in [4.69, 9.17) is 0 Å². The molecular weight excluding hydrogens is 363 g/mol. The Balaban J connectivity index is 1.94. The highest BCUT2D eigenvalue weighted by Gasteiger charge is 2.30. The Bertz CT molecular complexity index is 723. The Labute approximate surface area is 154 Å². The van der Waals surface area contributed by atoms with Gasteiger partial charge in [-0.25, -0.2) is 0 Å². The molecule has 0 fully saturated rings. The number of carboxylic acids is 1. The van der Waals surface area contributed by atoms with Gasteiger partial charge in [0.15, 0.2) is 0 Å². The SMILES string of the molecule is CC(C)CC(CNCc1ccc(-c2ccc(C(F)(F)F)cc2)s1)C(=O)O. The molecule has 2 N–H and O–H groups in total. The molecule has 0 aliphatic carbocycles. The molecule has 0 aliphatic heterocycles. The van der Waals surface area contributed by atoms with Gasteiger partial charge in [0.25, 0.3) is 0 Å². The fraction of sp³-hybridized carbons (Fsp3) is 0.421. The van der Waals surface area contributed by atoms with Gasteiger partial charge in [-0.2, -0.15) is 13.2 Å². The van der Waals surface area contributed by atoms with Crippen molar-refractivity contribution in [3.8, 4) is 10.4 Å². The molecule has 7 heteroatoms. The highest BCUT2D eigenvalue weighted by atomic mass is 32.1. The van der Waals surface area contributed by atoms with E-state index in [-0.39, 0.29) is 0 Å². The van der Waals surface area contributed by atoms with Crippen molar-refractivity contribution in [3.63, 3.8) is 0 Å². The molecule has 26 heavy (non-hydrogen) atoms. The zero-order chi connectivity index (χ0) is 19.3. The van der Waals surface area contributed by atoms with Crippen molar-refractivity contribution >= 4 is 17.3 Å². The monoisotopic (exact) mass is 385 g/mol. The maximum Gasteiger partial charge on any atom is 0.416 e. The Morgan fingerprint density at radius 1 is 1.15 bits per heavy atom. The van der Waals surface area contributed by atoms with Crippen LogP contribution < -0.4 is 5.32 Å². The molecule has 2 rings (SSSR count). The molecule has 1 aromatic heterocycles. The summed E-state index contributed by atoms with van der Waals surface area (Å²) < 4.78 is 37.9. The van der Waals surface area contributed by atoms with Crippen molar-refractivity contribution in [1.29, 1.82) is 0 Å². The molecule has 1 heterocycles. The second kappa shape index (κ2) is 8.68. The summed E-state index contributed by atoms with van der Waals surface area (Å²) in [6.07, 6.45) is -3.72. The minimum absolute atomic E-state index is 0.311. The van der Waals surface area contributed by atoms with Crippen LogP contribution >= 0.6 is 11.3 Å². The van der Waals surface area contributed by atoms with Gasteiger partial charge in [0.1, 0.15) is 0 Å². The summed E-state index contributed by atoms with van der Waals surface area (Å²) in [7, 11) is 0. The zero-order valence-corrected chi connectivity index (χ0v) is 15.5. The van der Waals surface area contributed by atoms with E-state index < -0.39 is 23.6 Å². The Morgan fingerprint density at radius 2 is 1.81 bits per heavy atom. The lowest BCUT2D eigenvalue weighted by Crippen LogP contribution is -2.29. The van der Waals surface area contributed by atoms with E-state index >= 15 is 0 Å². The fourth-order valence-corrected chi connectivity index (χ4v) is 3.64. The minimum atomic E-state index is -4.33. The average molecular weight is 385 g/mol. The molecule has 0 bridgehead atoms. The Morgan fingerprint density at radius 3 is 2.35 bits per heavy atom. The van der Waals surface area contributed by atoms with Gasteiger partial charge < -0.3 is 10.4 Å². The van der Waals surface area contributed by atoms with Gasteiger partial charge in [-0.1, -0.05) is 26.0 Å². The third-order valence-electron chi connectivity index (χ3n) is 3.95. The van der Waals surface area contributed by atoms with Gasteiger partial charge in [0.05, 0.1) is 11.5 Å². The number of hydrogen-bond donors (Lipinski definition) is 2. The first-order valence-corrected chi connectivity index (χ1v) is 9.18. The van der Waals surface area contributed by atoms with Crippen molar-refractivity contribution in [1.82, 2.24) is 5.32 Å². The smallest absolute Gasteiger partial charge is 0.416 e. The number of halogens is 3. The Kier molecular flexibility index (Phi) is 6.83. The summed E-state index contributed by atoms with van der Waals surface area (Å²) in [5, 5.41) is 12.4. The van der Waals surface area contributed by atoms with E-state index in [9.17, 15) is 23.1 Å². The van der Waals surface area contributed by atoms with Crippen LogP contribution in [0.4, 0.5) is 13.2 Å². The van der Waals surface area contributed by atoms with Crippen LogP contribution in [0.25, 0.3) is 10.4 Å². The fourth-order valence-electron chi connectivity index (χ4n) is 2.66. The second-order valence-electron chi connectivity index (χ2n) is 6.64. The van der Waals surface area contributed by atoms with Crippen molar-refractivity contribution in [2.75, 3.05) is 6.54 Å². The zero-order valence-electron chi connectivity index (χ0n) is 14.6. The van der Waals surface area contributed by atoms with Crippen molar-refractivity contribution in [2.24, 2.45) is 11.8 Å². The summed E-state index contributed by atoms with van der Waals surface area (Å²) in [5.74, 6) is -0.918. The highest BCUT2D eigenvalue weighted by Crippen LogP contribution is 2.33. The number of carboxylic acid groups (broad SMARTS) is 1. The topological polar surface area (TPSA) is 49.3 Å². The number of alkyl halides is 3. The van der Waals surface area contributed by atoms with Crippen molar-refractivity contribution < 1.29 is 23.1 Å². The molecule has 1 unspecified atom stereocenters. The molecule has 0 aliphatic rings. The van der Waals surface area contributed by atoms with Crippen LogP contribution in [0.1, 0.15) is 30.7 Å². The highest BCUT2D eigenvalue weighted by molar-refractivity contribution is 7.15. The standard InChI is InChI=1S/C19H22F3NO2S/c1-12(2)9-14(18(24)25)10-23-11-16-7-8-17(26-16)13-3-5-15(6-4-13)19(20,21)22/h3-8,12,14,23H,9-11H2,1-2H3,(H,24,25). The summed E-state index contributed by atoms with van der Waals surface area (Å²) in [6.45, 7) is 4.91. The van der Waals surface area contributed by atoms with Crippen molar-refractivity contribution in [3.05, 3.63) is 46.8 Å². The van der Waals surface area contributed by atoms with Gasteiger partial charge in [-0.3, -0.25) is 4.79 Å². The molecule has 3 nitrogen and oxygen atoms in total. The Hall–Kier alpha value is -1.86. The predicted molar refractivity (Wildman–Crippen MR) is 97.0 cm³/mol. The van der Waals surface area contributed by atoms with E-state index in [0.29, 0.717) is 25.4 Å². The number of hydrogen-bond acceptors (Lipinski definition) is 3. The number of nitrogens with one attached hydrogen (secondary N) is 1. The molecule has 0 radical (unpaired) electrons. The van der Waals surface area contributed by atoms with Gasteiger partial charge in [0.2, 0.25) is 0 Å². The normalized spacial score (nSPS) is 13.2. The lowest BCUT2D eigenvalue weighted by Gasteiger charge is -2.15. The van der Waals surface area contributed by atoms with Gasteiger partial charge in [-0.05, 0) is 42.2 Å². The van der Waals surface area contributed by atoms with Crippen LogP contribution in [0.5, 0.6) is 0 Å². The third-order valence-corrected chi connectivity index (χ3v) is 5.09. The van der Waals surface area contributed by atoms with Gasteiger partial charge >= 0.3 is 12.1 Å². The molecular formula is C19H22F3NO2S. The molecule has 2 aromatic rings. The summed E-state index contributed by atoms with van der Waals surface area (Å²) in [4.78, 5) is 13.1. The first-order chi connectivity index (χ1) is 12.2. The molecule has 0 saturated carbocycles. The lowest BCUT2D eigenvalue weighted by molar-refractivity contribution is -0.142. The van der Waals surface area contributed by atoms with Gasteiger partial charge in [0, 0.05) is 22.8 Å². The number of aliphatic carboxylic acids is 1. The number of benzene rings is 1. The quantitative estimate of drug-likeness (QED) is 0.651. The van der Waals surface area contributed by atoms with E-state index in [0.717, 1.165) is 27.5 Å². The third kappa shape index (κ3) is 5.85. The first kappa shape index (κ1) is 20.5. The molecule has 142 valence electrons. The number of rotatable bonds is 8. The molecule has 0 saturated heterocycles. The number of carbonyl (C=O) groups is 1. The van der Waals surface area contributed by atoms with Crippen molar-refractivity contribution in [2.45, 2.75) is 33.0 Å². The molecule has 0 amide bonds. The molecule has 1 aromatic carbocycles. The van der Waals surface area contributed by atoms with Crippen LogP contribution in [-0.4, -0.2) is 17.6 Å². The average Bonchev–Trinajstić information content (AvgIpc) is 3.01. The van der Waals surface area contributed by atoms with Gasteiger partial charge in [-0.15, -0.1) is 11.3 Å². The summed E-state index contributed by atoms with van der Waals surface area (Å²) >= 11 is 1.48. The predicted octanol–water partition coefficient (Wildman–Crippen LogP) is 5.27. The van der Waals surface area contributed by atoms with E-state index in [2.05, 4.69) is 5.32 Å². The van der Waals surface area contributed by atoms with Crippen LogP contribution in [0.3, 0.4) is 0 Å². The second-order valence-corrected chi connectivity index (χ2v) is 7.81. The molecule has 1 atom stereocenters. The first-order valence-electron chi connectivity index (χ1n) is 8.36. The number of thiophene rings is 1.